The van der Waals surface area contributed by atoms with Crippen molar-refractivity contribution in [1.29, 1.82) is 0 Å². The second kappa shape index (κ2) is 3.42. The molecular formula is C8H15BrO2. The van der Waals surface area contributed by atoms with E-state index in [0.717, 1.165) is 19.3 Å². The Morgan fingerprint density at radius 3 is 2.73 bits per heavy atom. The fraction of sp³-hybridized carbons (Fsp3) is 1.00. The fourth-order valence-corrected chi connectivity index (χ4v) is 2.22. The summed E-state index contributed by atoms with van der Waals surface area (Å²) in [7, 11) is 0. The van der Waals surface area contributed by atoms with Gasteiger partial charge in [-0.05, 0) is 12.8 Å². The Balaban J connectivity index is 2.36. The van der Waals surface area contributed by atoms with E-state index < -0.39 is 0 Å². The number of hydrogen-bond donors (Lipinski definition) is 2. The molecule has 0 bridgehead atoms. The highest BCUT2D eigenvalue weighted by Gasteiger charge is 2.56. The molecule has 0 aliphatic heterocycles. The highest BCUT2D eigenvalue weighted by molar-refractivity contribution is 9.10. The van der Waals surface area contributed by atoms with Crippen molar-refractivity contribution in [3.8, 4) is 0 Å². The van der Waals surface area contributed by atoms with Crippen molar-refractivity contribution in [2.45, 2.75) is 36.6 Å². The molecule has 11 heavy (non-hydrogen) atoms. The van der Waals surface area contributed by atoms with Crippen LogP contribution in [0.25, 0.3) is 0 Å². The van der Waals surface area contributed by atoms with Gasteiger partial charge in [-0.25, -0.2) is 0 Å². The zero-order valence-corrected chi connectivity index (χ0v) is 8.34. The number of aliphatic hydroxyl groups is 2. The van der Waals surface area contributed by atoms with Crippen LogP contribution in [0.3, 0.4) is 0 Å². The van der Waals surface area contributed by atoms with Gasteiger partial charge in [0.2, 0.25) is 0 Å². The molecular weight excluding hydrogens is 208 g/mol. The van der Waals surface area contributed by atoms with Crippen molar-refractivity contribution in [1.82, 2.24) is 0 Å². The van der Waals surface area contributed by atoms with Gasteiger partial charge in [0.25, 0.3) is 0 Å². The Hall–Kier alpha value is 0.400. The maximum atomic E-state index is 9.59. The molecule has 0 aromatic heterocycles. The third-order valence-electron chi connectivity index (χ3n) is 2.41. The first-order valence-corrected chi connectivity index (χ1v) is 4.92. The number of halogens is 1. The first kappa shape index (κ1) is 9.49. The van der Waals surface area contributed by atoms with E-state index in [4.69, 9.17) is 5.11 Å². The van der Waals surface area contributed by atoms with Gasteiger partial charge in [-0.1, -0.05) is 29.3 Å². The first-order valence-electron chi connectivity index (χ1n) is 4.13. The quantitative estimate of drug-likeness (QED) is 0.705. The molecule has 1 saturated carbocycles. The molecule has 1 aliphatic rings. The van der Waals surface area contributed by atoms with E-state index in [-0.39, 0.29) is 23.0 Å². The molecule has 66 valence electrons. The predicted octanol–water partition coefficient (Wildman–Crippen LogP) is 1.29. The van der Waals surface area contributed by atoms with Gasteiger partial charge in [-0.15, -0.1) is 0 Å². The zero-order chi connectivity index (χ0) is 8.48. The lowest BCUT2D eigenvalue weighted by molar-refractivity contribution is 0.142. The minimum absolute atomic E-state index is 0.155. The van der Waals surface area contributed by atoms with E-state index in [9.17, 15) is 5.11 Å². The van der Waals surface area contributed by atoms with Crippen LogP contribution in [-0.4, -0.2) is 27.2 Å². The summed E-state index contributed by atoms with van der Waals surface area (Å²) in [5, 5.41) is 18.4. The van der Waals surface area contributed by atoms with Crippen LogP contribution in [0.1, 0.15) is 26.2 Å². The van der Waals surface area contributed by atoms with Crippen LogP contribution in [0.15, 0.2) is 0 Å². The van der Waals surface area contributed by atoms with E-state index in [1.807, 2.05) is 0 Å². The first-order chi connectivity index (χ1) is 5.15. The lowest BCUT2D eigenvalue weighted by atomic mass is 10.1. The van der Waals surface area contributed by atoms with Crippen molar-refractivity contribution in [2.75, 3.05) is 6.61 Å². The van der Waals surface area contributed by atoms with Crippen LogP contribution < -0.4 is 0 Å². The SMILES string of the molecule is CCC[C@H](O)[C@@]1(Br)C[C@H]1CO. The predicted molar refractivity (Wildman–Crippen MR) is 47.8 cm³/mol. The molecule has 0 amide bonds. The van der Waals surface area contributed by atoms with Crippen molar-refractivity contribution >= 4 is 15.9 Å². The minimum Gasteiger partial charge on any atom is -0.396 e. The maximum absolute atomic E-state index is 9.59. The summed E-state index contributed by atoms with van der Waals surface area (Å²) in [4.78, 5) is 0. The molecule has 0 heterocycles. The normalized spacial score (nSPS) is 38.7. The molecule has 0 unspecified atom stereocenters. The summed E-state index contributed by atoms with van der Waals surface area (Å²) >= 11 is 3.47. The fourth-order valence-electron chi connectivity index (χ4n) is 1.46. The average Bonchev–Trinajstić information content (AvgIpc) is 2.64. The summed E-state index contributed by atoms with van der Waals surface area (Å²) in [6, 6.07) is 0. The van der Waals surface area contributed by atoms with Crippen LogP contribution >= 0.6 is 15.9 Å². The van der Waals surface area contributed by atoms with Gasteiger partial charge in [-0.3, -0.25) is 0 Å². The molecule has 2 N–H and O–H groups in total. The Bertz CT molecular complexity index is 140. The van der Waals surface area contributed by atoms with Gasteiger partial charge in [-0.2, -0.15) is 0 Å². The second-order valence-corrected chi connectivity index (χ2v) is 4.79. The number of rotatable bonds is 4. The Morgan fingerprint density at radius 2 is 2.36 bits per heavy atom. The van der Waals surface area contributed by atoms with Crippen LogP contribution in [-0.2, 0) is 0 Å². The van der Waals surface area contributed by atoms with Crippen LogP contribution in [0.2, 0.25) is 0 Å². The third-order valence-corrected chi connectivity index (χ3v) is 3.91. The molecule has 0 spiro atoms. The number of hydrogen-bond acceptors (Lipinski definition) is 2. The van der Waals surface area contributed by atoms with Crippen LogP contribution in [0.4, 0.5) is 0 Å². The topological polar surface area (TPSA) is 40.5 Å². The third kappa shape index (κ3) is 1.76. The Kier molecular flexibility index (Phi) is 2.95. The summed E-state index contributed by atoms with van der Waals surface area (Å²) < 4.78 is -0.155. The van der Waals surface area contributed by atoms with Crippen molar-refractivity contribution in [2.24, 2.45) is 5.92 Å². The van der Waals surface area contributed by atoms with Gasteiger partial charge >= 0.3 is 0 Å². The zero-order valence-electron chi connectivity index (χ0n) is 6.76. The number of aliphatic hydroxyl groups excluding tert-OH is 2. The van der Waals surface area contributed by atoms with Crippen molar-refractivity contribution < 1.29 is 10.2 Å². The van der Waals surface area contributed by atoms with Gasteiger partial charge in [0.1, 0.15) is 0 Å². The van der Waals surface area contributed by atoms with E-state index in [2.05, 4.69) is 22.9 Å². The molecule has 3 heteroatoms. The summed E-state index contributed by atoms with van der Waals surface area (Å²) in [6.07, 6.45) is 2.43. The van der Waals surface area contributed by atoms with Gasteiger partial charge in [0.05, 0.1) is 10.4 Å². The average molecular weight is 223 g/mol. The molecule has 0 saturated heterocycles. The number of alkyl halides is 1. The van der Waals surface area contributed by atoms with Crippen LogP contribution in [0, 0.1) is 5.92 Å². The monoisotopic (exact) mass is 222 g/mol. The standard InChI is InChI=1S/C8H15BrO2/c1-2-3-7(11)8(9)4-6(8)5-10/h6-7,10-11H,2-5H2,1H3/t6-,7-,8+/m0/s1. The van der Waals surface area contributed by atoms with Crippen molar-refractivity contribution in [3.05, 3.63) is 0 Å². The van der Waals surface area contributed by atoms with E-state index in [1.165, 1.54) is 0 Å². The van der Waals surface area contributed by atoms with E-state index >= 15 is 0 Å². The van der Waals surface area contributed by atoms with Gasteiger partial charge < -0.3 is 10.2 Å². The highest BCUT2D eigenvalue weighted by atomic mass is 79.9. The van der Waals surface area contributed by atoms with E-state index in [0.29, 0.717) is 0 Å². The second-order valence-electron chi connectivity index (χ2n) is 3.31. The summed E-state index contributed by atoms with van der Waals surface area (Å²) in [6.45, 7) is 2.24. The lowest BCUT2D eigenvalue weighted by Gasteiger charge is -2.16. The highest BCUT2D eigenvalue weighted by Crippen LogP contribution is 2.54. The summed E-state index contributed by atoms with van der Waals surface area (Å²) in [5.41, 5.74) is 0. The lowest BCUT2D eigenvalue weighted by Crippen LogP contribution is -2.24. The van der Waals surface area contributed by atoms with Crippen LogP contribution in [0.5, 0.6) is 0 Å². The molecule has 1 rings (SSSR count). The smallest absolute Gasteiger partial charge is 0.0696 e. The van der Waals surface area contributed by atoms with Crippen molar-refractivity contribution in [3.63, 3.8) is 0 Å². The summed E-state index contributed by atoms with van der Waals surface area (Å²) in [5.74, 6) is 0.268. The minimum atomic E-state index is -0.287. The molecule has 2 nitrogen and oxygen atoms in total. The Morgan fingerprint density at radius 1 is 1.73 bits per heavy atom. The molecule has 0 radical (unpaired) electrons. The molecule has 1 fully saturated rings. The molecule has 3 atom stereocenters. The molecule has 1 aliphatic carbocycles. The molecule has 0 aromatic rings. The maximum Gasteiger partial charge on any atom is 0.0696 e. The van der Waals surface area contributed by atoms with Gasteiger partial charge in [0.15, 0.2) is 0 Å². The van der Waals surface area contributed by atoms with E-state index in [1.54, 1.807) is 0 Å². The molecule has 0 aromatic carbocycles. The van der Waals surface area contributed by atoms with Gasteiger partial charge in [0, 0.05) is 12.5 Å². The largest absolute Gasteiger partial charge is 0.396 e. The Labute approximate surface area is 75.7 Å².